The number of nitriles is 1. The summed E-state index contributed by atoms with van der Waals surface area (Å²) in [6.45, 7) is 5.66. The zero-order valence-electron chi connectivity index (χ0n) is 18.5. The average molecular weight is 435 g/mol. The Morgan fingerprint density at radius 3 is 2.69 bits per heavy atom. The Labute approximate surface area is 188 Å². The largest absolute Gasteiger partial charge is 0.463 e. The third kappa shape index (κ3) is 5.18. The number of nitrogens with two attached hydrogens (primary N) is 1. The number of hydrogen-bond acceptors (Lipinski definition) is 7. The lowest BCUT2D eigenvalue weighted by Gasteiger charge is -2.23. The molecule has 1 fully saturated rings. The summed E-state index contributed by atoms with van der Waals surface area (Å²) in [4.78, 5) is 8.80. The molecule has 1 aromatic carbocycles. The first-order chi connectivity index (χ1) is 15.7. The van der Waals surface area contributed by atoms with Crippen molar-refractivity contribution in [1.82, 2.24) is 19.9 Å². The van der Waals surface area contributed by atoms with Crippen molar-refractivity contribution in [3.63, 3.8) is 0 Å². The Balaban J connectivity index is 1.50. The number of unbranched alkanes of at least 4 members (excludes halogenated alkanes) is 1. The molecule has 0 atom stereocenters. The van der Waals surface area contributed by atoms with Gasteiger partial charge < -0.3 is 25.1 Å². The number of fused-ring (bicyclic) bond motifs is 1. The van der Waals surface area contributed by atoms with Crippen molar-refractivity contribution in [3.05, 3.63) is 47.2 Å². The molecule has 0 radical (unpaired) electrons. The maximum atomic E-state index is 9.66. The summed E-state index contributed by atoms with van der Waals surface area (Å²) < 4.78 is 12.9. The van der Waals surface area contributed by atoms with Crippen LogP contribution < -0.4 is 15.8 Å². The molecule has 0 amide bonds. The SMILES string of the molecule is CCCCOc1nc(N)c2cc(C#N)n(Cc3ccc(CNC4CCOCC4)cc3)c2n1. The predicted molar refractivity (Wildman–Crippen MR) is 123 cm³/mol. The highest BCUT2D eigenvalue weighted by atomic mass is 16.5. The standard InChI is InChI=1S/C24H30N6O2/c1-2-3-10-32-24-28-22(26)21-13-20(14-25)30(23(21)29-24)16-18-6-4-17(5-7-18)15-27-19-8-11-31-12-9-19/h4-7,13,19,27H,2-3,8-12,15-16H2,1H3,(H2,26,28,29). The lowest BCUT2D eigenvalue weighted by Crippen LogP contribution is -2.34. The Morgan fingerprint density at radius 1 is 1.22 bits per heavy atom. The minimum absolute atomic E-state index is 0.252. The van der Waals surface area contributed by atoms with Gasteiger partial charge in [-0.3, -0.25) is 0 Å². The molecule has 3 N–H and O–H groups in total. The molecule has 1 saturated heterocycles. The van der Waals surface area contributed by atoms with Gasteiger partial charge in [0.05, 0.1) is 18.5 Å². The van der Waals surface area contributed by atoms with E-state index in [4.69, 9.17) is 15.2 Å². The van der Waals surface area contributed by atoms with E-state index in [-0.39, 0.29) is 6.01 Å². The zero-order valence-corrected chi connectivity index (χ0v) is 18.5. The first kappa shape index (κ1) is 22.1. The van der Waals surface area contributed by atoms with Gasteiger partial charge in [-0.15, -0.1) is 0 Å². The van der Waals surface area contributed by atoms with Crippen LogP contribution in [0, 0.1) is 11.3 Å². The first-order valence-electron chi connectivity index (χ1n) is 11.3. The molecule has 8 nitrogen and oxygen atoms in total. The number of aromatic nitrogens is 3. The molecule has 1 aliphatic rings. The van der Waals surface area contributed by atoms with Crippen molar-refractivity contribution in [2.45, 2.75) is 51.7 Å². The molecule has 4 rings (SSSR count). The van der Waals surface area contributed by atoms with Crippen molar-refractivity contribution in [3.8, 4) is 12.1 Å². The molecule has 8 heteroatoms. The molecule has 0 bridgehead atoms. The van der Waals surface area contributed by atoms with Crippen molar-refractivity contribution in [1.29, 1.82) is 5.26 Å². The molecular formula is C24H30N6O2. The average Bonchev–Trinajstić information content (AvgIpc) is 3.17. The van der Waals surface area contributed by atoms with Gasteiger partial charge in [-0.1, -0.05) is 37.6 Å². The fraction of sp³-hybridized carbons (Fsp3) is 0.458. The van der Waals surface area contributed by atoms with E-state index in [1.807, 2.05) is 4.57 Å². The molecule has 0 aliphatic carbocycles. The molecule has 2 aromatic heterocycles. The van der Waals surface area contributed by atoms with Crippen molar-refractivity contribution >= 4 is 16.9 Å². The van der Waals surface area contributed by atoms with Crippen LogP contribution in [0.15, 0.2) is 30.3 Å². The maximum Gasteiger partial charge on any atom is 0.320 e. The zero-order chi connectivity index (χ0) is 22.3. The van der Waals surface area contributed by atoms with Crippen molar-refractivity contribution < 1.29 is 9.47 Å². The Morgan fingerprint density at radius 2 is 1.97 bits per heavy atom. The van der Waals surface area contributed by atoms with Gasteiger partial charge in [-0.25, -0.2) is 0 Å². The van der Waals surface area contributed by atoms with Gasteiger partial charge in [0.25, 0.3) is 0 Å². The summed E-state index contributed by atoms with van der Waals surface area (Å²) in [7, 11) is 0. The van der Waals surface area contributed by atoms with Crippen LogP contribution in [0.2, 0.25) is 0 Å². The maximum absolute atomic E-state index is 9.66. The van der Waals surface area contributed by atoms with E-state index in [9.17, 15) is 5.26 Å². The number of ether oxygens (including phenoxy) is 2. The van der Waals surface area contributed by atoms with Gasteiger partial charge >= 0.3 is 6.01 Å². The Kier molecular flexibility index (Phi) is 7.20. The number of nitrogens with one attached hydrogen (secondary N) is 1. The van der Waals surface area contributed by atoms with Crippen LogP contribution in [-0.2, 0) is 17.8 Å². The van der Waals surface area contributed by atoms with Gasteiger partial charge in [0, 0.05) is 25.8 Å². The van der Waals surface area contributed by atoms with Crippen LogP contribution in [0.5, 0.6) is 6.01 Å². The Hall–Kier alpha value is -3.15. The van der Waals surface area contributed by atoms with Crippen LogP contribution in [0.1, 0.15) is 49.4 Å². The minimum Gasteiger partial charge on any atom is -0.463 e. The quantitative estimate of drug-likeness (QED) is 0.497. The van der Waals surface area contributed by atoms with Crippen molar-refractivity contribution in [2.75, 3.05) is 25.6 Å². The molecule has 168 valence electrons. The minimum atomic E-state index is 0.252. The Bertz CT molecular complexity index is 1080. The highest BCUT2D eigenvalue weighted by molar-refractivity contribution is 5.88. The third-order valence-corrected chi connectivity index (χ3v) is 5.79. The van der Waals surface area contributed by atoms with Crippen LogP contribution >= 0.6 is 0 Å². The van der Waals surface area contributed by atoms with Crippen LogP contribution in [0.25, 0.3) is 11.0 Å². The number of benzene rings is 1. The van der Waals surface area contributed by atoms with Gasteiger partial charge in [-0.05, 0) is 36.5 Å². The molecule has 0 unspecified atom stereocenters. The highest BCUT2D eigenvalue weighted by Crippen LogP contribution is 2.26. The number of rotatable bonds is 9. The predicted octanol–water partition coefficient (Wildman–Crippen LogP) is 3.38. The molecular weight excluding hydrogens is 404 g/mol. The topological polar surface area (TPSA) is 111 Å². The van der Waals surface area contributed by atoms with E-state index in [1.54, 1.807) is 6.07 Å². The lowest BCUT2D eigenvalue weighted by molar-refractivity contribution is 0.0776. The molecule has 0 saturated carbocycles. The summed E-state index contributed by atoms with van der Waals surface area (Å²) in [6, 6.07) is 13.2. The normalized spacial score (nSPS) is 14.5. The molecule has 3 heterocycles. The fourth-order valence-electron chi connectivity index (χ4n) is 3.86. The summed E-state index contributed by atoms with van der Waals surface area (Å²) in [5.41, 5.74) is 9.57. The molecule has 0 spiro atoms. The van der Waals surface area contributed by atoms with Crippen molar-refractivity contribution in [2.24, 2.45) is 0 Å². The van der Waals surface area contributed by atoms with Gasteiger partial charge in [0.1, 0.15) is 17.6 Å². The third-order valence-electron chi connectivity index (χ3n) is 5.79. The number of nitrogen functional groups attached to an aromatic ring is 1. The number of hydrogen-bond donors (Lipinski definition) is 2. The monoisotopic (exact) mass is 434 g/mol. The summed E-state index contributed by atoms with van der Waals surface area (Å²) >= 11 is 0. The van der Waals surface area contributed by atoms with Crippen LogP contribution in [-0.4, -0.2) is 40.4 Å². The van der Waals surface area contributed by atoms with Gasteiger partial charge in [0.2, 0.25) is 0 Å². The first-order valence-corrected chi connectivity index (χ1v) is 11.3. The second-order valence-electron chi connectivity index (χ2n) is 8.14. The lowest BCUT2D eigenvalue weighted by atomic mass is 10.1. The van der Waals surface area contributed by atoms with Gasteiger partial charge in [0.15, 0.2) is 5.65 Å². The number of anilines is 1. The van der Waals surface area contributed by atoms with E-state index in [0.29, 0.717) is 41.7 Å². The number of nitrogens with zero attached hydrogens (tertiary/aromatic N) is 4. The second kappa shape index (κ2) is 10.4. The van der Waals surface area contributed by atoms with E-state index in [1.165, 1.54) is 5.56 Å². The van der Waals surface area contributed by atoms with E-state index in [2.05, 4.69) is 52.5 Å². The summed E-state index contributed by atoms with van der Waals surface area (Å²) in [5, 5.41) is 13.9. The summed E-state index contributed by atoms with van der Waals surface area (Å²) in [6.07, 6.45) is 4.06. The van der Waals surface area contributed by atoms with E-state index in [0.717, 1.165) is 51.0 Å². The van der Waals surface area contributed by atoms with Gasteiger partial charge in [-0.2, -0.15) is 15.2 Å². The molecule has 1 aliphatic heterocycles. The summed E-state index contributed by atoms with van der Waals surface area (Å²) in [5.74, 6) is 0.325. The highest BCUT2D eigenvalue weighted by Gasteiger charge is 2.16. The van der Waals surface area contributed by atoms with E-state index >= 15 is 0 Å². The van der Waals surface area contributed by atoms with Crippen LogP contribution in [0.3, 0.4) is 0 Å². The molecule has 32 heavy (non-hydrogen) atoms. The smallest absolute Gasteiger partial charge is 0.320 e. The fourth-order valence-corrected chi connectivity index (χ4v) is 3.86. The second-order valence-corrected chi connectivity index (χ2v) is 8.14. The van der Waals surface area contributed by atoms with Crippen LogP contribution in [0.4, 0.5) is 5.82 Å². The molecule has 3 aromatic rings. The van der Waals surface area contributed by atoms with E-state index < -0.39 is 0 Å².